The van der Waals surface area contributed by atoms with Crippen molar-refractivity contribution in [1.82, 2.24) is 20.6 Å². The molecule has 0 aliphatic heterocycles. The molecule has 2 rings (SSSR count). The first-order valence-electron chi connectivity index (χ1n) is 5.98. The third kappa shape index (κ3) is 3.32. The number of hydrogen-bond donors (Lipinski definition) is 0. The van der Waals surface area contributed by atoms with Crippen molar-refractivity contribution < 1.29 is 29.1 Å². The van der Waals surface area contributed by atoms with Crippen LogP contribution < -0.4 is 0 Å². The lowest BCUT2D eigenvalue weighted by Crippen LogP contribution is -2.50. The lowest BCUT2D eigenvalue weighted by atomic mass is 10.2. The van der Waals surface area contributed by atoms with Crippen LogP contribution in [0.15, 0.2) is 29.9 Å². The maximum Gasteiger partial charge on any atom is 0.753 e. The predicted molar refractivity (Wildman–Crippen MR) is 70.3 cm³/mol. The van der Waals surface area contributed by atoms with E-state index >= 15 is 0 Å². The van der Waals surface area contributed by atoms with Gasteiger partial charge in [0.25, 0.3) is 5.82 Å². The third-order valence-electron chi connectivity index (χ3n) is 2.50. The summed E-state index contributed by atoms with van der Waals surface area (Å²) in [5, 5.41) is 65.7. The van der Waals surface area contributed by atoms with Gasteiger partial charge < -0.3 is 4.63 Å². The van der Waals surface area contributed by atoms with Crippen LogP contribution in [0.1, 0.15) is 5.69 Å². The van der Waals surface area contributed by atoms with Crippen molar-refractivity contribution >= 4 is 17.5 Å². The molecule has 0 saturated heterocycles. The molecule has 2 aromatic heterocycles. The van der Waals surface area contributed by atoms with E-state index in [1.54, 1.807) is 0 Å². The summed E-state index contributed by atoms with van der Waals surface area (Å²) < 4.78 is 8.11. The molecule has 0 N–H and O–H groups in total. The first-order valence-corrected chi connectivity index (χ1v) is 5.98. The van der Waals surface area contributed by atoms with Crippen LogP contribution in [-0.2, 0) is 5.79 Å². The van der Waals surface area contributed by atoms with Gasteiger partial charge in [0.1, 0.15) is 0 Å². The minimum atomic E-state index is -4.18. The predicted octanol–water partition coefficient (Wildman–Crippen LogP) is 0.372. The molecule has 0 fully saturated rings. The van der Waals surface area contributed by atoms with Crippen LogP contribution in [-0.4, -0.2) is 40.4 Å². The second-order valence-electron chi connectivity index (χ2n) is 3.97. The Morgan fingerprint density at radius 2 is 1.29 bits per heavy atom. The van der Waals surface area contributed by atoms with Crippen molar-refractivity contribution in [3.05, 3.63) is 51.6 Å². The lowest BCUT2D eigenvalue weighted by Gasteiger charge is -2.04. The zero-order valence-electron chi connectivity index (χ0n) is 12.4. The van der Waals surface area contributed by atoms with Gasteiger partial charge in [0.15, 0.2) is 14.8 Å². The summed E-state index contributed by atoms with van der Waals surface area (Å²) in [6.07, 6.45) is 0. The molecule has 0 aliphatic carbocycles. The van der Waals surface area contributed by atoms with E-state index in [2.05, 4.69) is 56.0 Å². The van der Waals surface area contributed by atoms with E-state index in [0.29, 0.717) is 0 Å². The minimum Gasteiger partial charge on any atom is -0.346 e. The minimum absolute atomic E-state index is 0.635. The summed E-state index contributed by atoms with van der Waals surface area (Å²) in [5.74, 6) is -6.66. The smallest absolute Gasteiger partial charge is 0.346 e. The zero-order valence-corrected chi connectivity index (χ0v) is 12.4. The van der Waals surface area contributed by atoms with E-state index in [9.17, 15) is 40.5 Å². The highest BCUT2D eigenvalue weighted by Crippen LogP contribution is 2.32. The van der Waals surface area contributed by atoms with E-state index in [1.807, 2.05) is 0 Å². The van der Waals surface area contributed by atoms with Crippen LogP contribution >= 0.6 is 0 Å². The molecular formula is C5N13O10-. The average Bonchev–Trinajstić information content (AvgIpc) is 3.21. The van der Waals surface area contributed by atoms with Crippen molar-refractivity contribution in [2.75, 3.05) is 0 Å². The highest BCUT2D eigenvalue weighted by molar-refractivity contribution is 5.54. The number of hydrogen-bond acceptors (Lipinski definition) is 16. The Morgan fingerprint density at radius 3 is 1.82 bits per heavy atom. The van der Waals surface area contributed by atoms with Crippen LogP contribution in [0, 0.1) is 40.5 Å². The van der Waals surface area contributed by atoms with Crippen LogP contribution in [0.25, 0.3) is 5.43 Å². The van der Waals surface area contributed by atoms with Crippen LogP contribution in [0.3, 0.4) is 0 Å². The maximum absolute atomic E-state index is 11.0. The van der Waals surface area contributed by atoms with Gasteiger partial charge in [0.2, 0.25) is 5.82 Å². The fourth-order valence-electron chi connectivity index (χ4n) is 1.43. The first-order chi connectivity index (χ1) is 13.2. The van der Waals surface area contributed by atoms with Gasteiger partial charge in [0.05, 0.1) is 10.9 Å². The van der Waals surface area contributed by atoms with Crippen LogP contribution in [0.2, 0.25) is 0 Å². The molecular weight excluding hydrogens is 402 g/mol. The first kappa shape index (κ1) is 19.2. The third-order valence-corrected chi connectivity index (χ3v) is 2.50. The molecule has 0 bridgehead atoms. The van der Waals surface area contributed by atoms with Crippen molar-refractivity contribution in [2.24, 2.45) is 20.7 Å². The maximum atomic E-state index is 11.0. The molecule has 2 heterocycles. The Labute approximate surface area is 146 Å². The number of aromatic nitrogens is 4. The van der Waals surface area contributed by atoms with Crippen molar-refractivity contribution in [3.63, 3.8) is 0 Å². The zero-order chi connectivity index (χ0) is 20.9. The van der Waals surface area contributed by atoms with Gasteiger partial charge in [-0.05, 0) is 20.8 Å². The summed E-state index contributed by atoms with van der Waals surface area (Å²) in [6.45, 7) is 0. The number of nitro groups is 4. The van der Waals surface area contributed by atoms with Gasteiger partial charge in [-0.15, -0.1) is 15.7 Å². The van der Waals surface area contributed by atoms with Crippen LogP contribution in [0.5, 0.6) is 0 Å². The van der Waals surface area contributed by atoms with Crippen LogP contribution in [0.4, 0.5) is 17.5 Å². The lowest BCUT2D eigenvalue weighted by molar-refractivity contribution is -0.986. The fourth-order valence-corrected chi connectivity index (χ4v) is 1.43. The Hall–Kier alpha value is -5.12. The molecule has 23 heteroatoms. The summed E-state index contributed by atoms with van der Waals surface area (Å²) in [5.41, 5.74) is 1.20. The summed E-state index contributed by atoms with van der Waals surface area (Å²) >= 11 is 0. The second kappa shape index (κ2) is 7.41. The van der Waals surface area contributed by atoms with E-state index in [4.69, 9.17) is 0 Å². The Bertz CT molecular complexity index is 951. The standard InChI is InChI=1S/C5N13O10/c19-15(20)5(16(21)22,17(23)24)1-2(10-27-9-1)6-13-14-7-3-4(8-18(25)26)12-28-11-3/q-1. The molecule has 146 valence electrons. The molecule has 2 aromatic rings. The number of rotatable bonds is 9. The van der Waals surface area contributed by atoms with Gasteiger partial charge in [0, 0.05) is 0 Å². The van der Waals surface area contributed by atoms with Gasteiger partial charge in [-0.3, -0.25) is 40.5 Å². The highest BCUT2D eigenvalue weighted by atomic mass is 16.7. The summed E-state index contributed by atoms with van der Waals surface area (Å²) in [6, 6.07) is 0. The number of nitrogens with zero attached hydrogens (tertiary/aromatic N) is 13. The SMILES string of the molecule is O=[N+]([O-])[N-]c1nonc1N=NN=Nc1nonc1C([N+](=O)[O-])([N+](=O)[O-])[N+](=O)[O-]. The van der Waals surface area contributed by atoms with E-state index < -0.39 is 48.7 Å². The summed E-state index contributed by atoms with van der Waals surface area (Å²) in [4.78, 5) is 37.6. The van der Waals surface area contributed by atoms with E-state index in [1.165, 1.54) is 0 Å². The monoisotopic (exact) mass is 402 g/mol. The largest absolute Gasteiger partial charge is 0.753 e. The van der Waals surface area contributed by atoms with Gasteiger partial charge in [-0.2, -0.15) is 0 Å². The Balaban J connectivity index is 2.33. The molecule has 28 heavy (non-hydrogen) atoms. The van der Waals surface area contributed by atoms with E-state index in [0.717, 1.165) is 0 Å². The van der Waals surface area contributed by atoms with Crippen molar-refractivity contribution in [3.8, 4) is 0 Å². The Kier molecular flexibility index (Phi) is 5.08. The topological polar surface area (TPSA) is 314 Å². The molecule has 0 radical (unpaired) electrons. The molecule has 0 saturated carbocycles. The normalized spacial score (nSPS) is 11.7. The molecule has 0 aliphatic rings. The van der Waals surface area contributed by atoms with Gasteiger partial charge >= 0.3 is 11.5 Å². The van der Waals surface area contributed by atoms with Gasteiger partial charge in [-0.25, -0.2) is 9.79 Å². The Morgan fingerprint density at radius 1 is 0.786 bits per heavy atom. The molecule has 0 aromatic carbocycles. The molecule has 0 spiro atoms. The van der Waals surface area contributed by atoms with Crippen molar-refractivity contribution in [1.29, 1.82) is 0 Å². The average molecular weight is 402 g/mol. The van der Waals surface area contributed by atoms with Gasteiger partial charge in [-0.1, -0.05) is 5.16 Å². The molecule has 0 amide bonds. The summed E-state index contributed by atoms with van der Waals surface area (Å²) in [7, 11) is 0. The fraction of sp³-hybridized carbons (Fsp3) is 0.200. The quantitative estimate of drug-likeness (QED) is 0.236. The highest BCUT2D eigenvalue weighted by Gasteiger charge is 2.77. The van der Waals surface area contributed by atoms with E-state index in [-0.39, 0.29) is 0 Å². The molecule has 0 atom stereocenters. The second-order valence-corrected chi connectivity index (χ2v) is 3.97. The molecule has 23 nitrogen and oxygen atoms in total. The van der Waals surface area contributed by atoms with Crippen molar-refractivity contribution in [2.45, 2.75) is 5.79 Å². The molecule has 0 unspecified atom stereocenters.